The van der Waals surface area contributed by atoms with Crippen molar-refractivity contribution in [3.05, 3.63) is 24.3 Å². The smallest absolute Gasteiger partial charge is 0.322 e. The molecule has 0 saturated carbocycles. The van der Waals surface area contributed by atoms with Crippen LogP contribution in [0.15, 0.2) is 24.3 Å². The van der Waals surface area contributed by atoms with E-state index in [2.05, 4.69) is 16.0 Å². The molecule has 1 aromatic rings. The Balaban J connectivity index is 1.57. The van der Waals surface area contributed by atoms with Gasteiger partial charge < -0.3 is 15.4 Å². The van der Waals surface area contributed by atoms with Crippen molar-refractivity contribution in [1.82, 2.24) is 14.9 Å². The lowest BCUT2D eigenvalue weighted by atomic mass is 10.1. The van der Waals surface area contributed by atoms with Crippen LogP contribution in [-0.4, -0.2) is 61.1 Å². The molecule has 2 saturated heterocycles. The van der Waals surface area contributed by atoms with Crippen molar-refractivity contribution in [3.8, 4) is 5.75 Å². The van der Waals surface area contributed by atoms with Gasteiger partial charge in [0.25, 0.3) is 5.91 Å². The molecule has 2 fully saturated rings. The van der Waals surface area contributed by atoms with Gasteiger partial charge >= 0.3 is 6.03 Å². The van der Waals surface area contributed by atoms with Gasteiger partial charge in [0.05, 0.1) is 5.75 Å². The number of amides is 4. The van der Waals surface area contributed by atoms with Crippen LogP contribution in [0.4, 0.5) is 10.5 Å². The third-order valence-electron chi connectivity index (χ3n) is 4.84. The van der Waals surface area contributed by atoms with Crippen LogP contribution in [0.25, 0.3) is 0 Å². The number of carbonyl (C=O) groups excluding carboxylic acids is 3. The van der Waals surface area contributed by atoms with Crippen molar-refractivity contribution in [3.63, 3.8) is 0 Å². The minimum absolute atomic E-state index is 0.168. The fourth-order valence-corrected chi connectivity index (χ4v) is 5.29. The van der Waals surface area contributed by atoms with E-state index in [1.165, 1.54) is 18.2 Å². The minimum Gasteiger partial charge on any atom is -0.490 e. The van der Waals surface area contributed by atoms with Gasteiger partial charge in [-0.1, -0.05) is 6.07 Å². The maximum absolute atomic E-state index is 12.7. The number of sulfonamides is 1. The summed E-state index contributed by atoms with van der Waals surface area (Å²) in [6, 6.07) is 6.31. The van der Waals surface area contributed by atoms with Crippen LogP contribution in [0.2, 0.25) is 0 Å². The Morgan fingerprint density at radius 3 is 2.59 bits per heavy atom. The van der Waals surface area contributed by atoms with Crippen LogP contribution in [0, 0.1) is 0 Å². The zero-order valence-electron chi connectivity index (χ0n) is 16.2. The molecule has 29 heavy (non-hydrogen) atoms. The van der Waals surface area contributed by atoms with Crippen molar-refractivity contribution >= 4 is 33.6 Å². The number of nitrogens with zero attached hydrogens (tertiary/aromatic N) is 1. The predicted octanol–water partition coefficient (Wildman–Crippen LogP) is 0.416. The first kappa shape index (κ1) is 21.1. The monoisotopic (exact) mass is 424 g/mol. The lowest BCUT2D eigenvalue weighted by Crippen LogP contribution is -2.53. The highest BCUT2D eigenvalue weighted by Gasteiger charge is 2.46. The first-order valence-electron chi connectivity index (χ1n) is 9.23. The molecule has 0 aliphatic carbocycles. The topological polar surface area (TPSA) is 134 Å². The Bertz CT molecular complexity index is 926. The van der Waals surface area contributed by atoms with Gasteiger partial charge in [-0.05, 0) is 31.9 Å². The minimum atomic E-state index is -3.74. The first-order valence-corrected chi connectivity index (χ1v) is 10.8. The number of anilines is 1. The average Bonchev–Trinajstić information content (AvgIpc) is 2.86. The van der Waals surface area contributed by atoms with Crippen molar-refractivity contribution in [2.24, 2.45) is 0 Å². The number of nitrogens with one attached hydrogen (secondary N) is 3. The third-order valence-corrected chi connectivity index (χ3v) is 6.93. The number of imide groups is 1. The second-order valence-corrected chi connectivity index (χ2v) is 9.39. The summed E-state index contributed by atoms with van der Waals surface area (Å²) in [5.41, 5.74) is -0.854. The largest absolute Gasteiger partial charge is 0.490 e. The molecule has 4 amide bonds. The summed E-state index contributed by atoms with van der Waals surface area (Å²) in [6.45, 7) is 3.32. The molecule has 2 heterocycles. The van der Waals surface area contributed by atoms with Gasteiger partial charge in [0.2, 0.25) is 15.9 Å². The SMILES string of the molecule is CC(=O)Nc1cccc(OC2CCN(S(=O)(=O)C[C@@]3(C)NC(=O)NC3=O)CC2)c1. The normalized spacial score (nSPS) is 23.4. The number of hydrogen-bond acceptors (Lipinski definition) is 6. The highest BCUT2D eigenvalue weighted by atomic mass is 32.2. The van der Waals surface area contributed by atoms with Gasteiger partial charge in [0.15, 0.2) is 0 Å². The Morgan fingerprint density at radius 1 is 1.31 bits per heavy atom. The lowest BCUT2D eigenvalue weighted by Gasteiger charge is -2.33. The quantitative estimate of drug-likeness (QED) is 0.567. The van der Waals surface area contributed by atoms with Gasteiger partial charge in [-0.3, -0.25) is 14.9 Å². The highest BCUT2D eigenvalue weighted by Crippen LogP contribution is 2.24. The molecule has 0 spiro atoms. The maximum atomic E-state index is 12.7. The van der Waals surface area contributed by atoms with Crippen LogP contribution in [0.1, 0.15) is 26.7 Å². The molecule has 10 nitrogen and oxygen atoms in total. The first-order chi connectivity index (χ1) is 13.6. The summed E-state index contributed by atoms with van der Waals surface area (Å²) in [5.74, 6) is -0.734. The van der Waals surface area contributed by atoms with Crippen molar-refractivity contribution in [2.45, 2.75) is 38.3 Å². The van der Waals surface area contributed by atoms with Crippen LogP contribution >= 0.6 is 0 Å². The number of hydrogen-bond donors (Lipinski definition) is 3. The van der Waals surface area contributed by atoms with Crippen LogP contribution in [-0.2, 0) is 19.6 Å². The number of carbonyl (C=O) groups is 3. The Labute approximate surface area is 169 Å². The van der Waals surface area contributed by atoms with Gasteiger partial charge in [-0.2, -0.15) is 0 Å². The summed E-state index contributed by atoms with van der Waals surface area (Å²) in [5, 5.41) is 7.13. The van der Waals surface area contributed by atoms with E-state index in [-0.39, 0.29) is 25.1 Å². The number of urea groups is 1. The van der Waals surface area contributed by atoms with E-state index < -0.39 is 33.3 Å². The van der Waals surface area contributed by atoms with Crippen molar-refractivity contribution < 1.29 is 27.5 Å². The molecule has 1 aromatic carbocycles. The molecule has 3 rings (SSSR count). The third kappa shape index (κ3) is 5.04. The van der Waals surface area contributed by atoms with E-state index in [1.54, 1.807) is 24.3 Å². The van der Waals surface area contributed by atoms with E-state index in [4.69, 9.17) is 4.74 Å². The Kier molecular flexibility index (Phi) is 5.80. The van der Waals surface area contributed by atoms with Crippen LogP contribution in [0.3, 0.4) is 0 Å². The number of piperidine rings is 1. The maximum Gasteiger partial charge on any atom is 0.322 e. The van der Waals surface area contributed by atoms with Crippen LogP contribution < -0.4 is 20.7 Å². The molecule has 1 atom stereocenters. The lowest BCUT2D eigenvalue weighted by molar-refractivity contribution is -0.122. The molecule has 0 aromatic heterocycles. The zero-order chi connectivity index (χ0) is 21.2. The second kappa shape index (κ2) is 7.99. The molecule has 11 heteroatoms. The number of rotatable bonds is 6. The van der Waals surface area contributed by atoms with E-state index in [9.17, 15) is 22.8 Å². The summed E-state index contributed by atoms with van der Waals surface area (Å²) in [7, 11) is -3.74. The Hall–Kier alpha value is -2.66. The fourth-order valence-electron chi connectivity index (χ4n) is 3.41. The molecular formula is C18H24N4O6S. The Morgan fingerprint density at radius 2 is 2.00 bits per heavy atom. The molecule has 2 aliphatic heterocycles. The summed E-state index contributed by atoms with van der Waals surface area (Å²) in [4.78, 5) is 34.4. The van der Waals surface area contributed by atoms with Gasteiger partial charge in [0.1, 0.15) is 17.4 Å². The summed E-state index contributed by atoms with van der Waals surface area (Å²) >= 11 is 0. The zero-order valence-corrected chi connectivity index (χ0v) is 17.0. The molecular weight excluding hydrogens is 400 g/mol. The molecule has 0 bridgehead atoms. The number of ether oxygens (including phenoxy) is 1. The van der Waals surface area contributed by atoms with Gasteiger partial charge in [-0.25, -0.2) is 17.5 Å². The predicted molar refractivity (Wildman–Crippen MR) is 105 cm³/mol. The number of benzene rings is 1. The average molecular weight is 424 g/mol. The summed E-state index contributed by atoms with van der Waals surface area (Å²) in [6.07, 6.45) is 0.802. The van der Waals surface area contributed by atoms with Gasteiger partial charge in [-0.15, -0.1) is 0 Å². The van der Waals surface area contributed by atoms with Crippen molar-refractivity contribution in [1.29, 1.82) is 0 Å². The standard InChI is InChI=1S/C18H24N4O6S/c1-12(23)19-13-4-3-5-15(10-13)28-14-6-8-22(9-7-14)29(26,27)11-18(2)16(24)20-17(25)21-18/h3-5,10,14H,6-9,11H2,1-2H3,(H,19,23)(H2,20,21,24,25)/t18-/m1/s1. The second-order valence-electron chi connectivity index (χ2n) is 7.42. The highest BCUT2D eigenvalue weighted by molar-refractivity contribution is 7.89. The molecule has 0 radical (unpaired) electrons. The summed E-state index contributed by atoms with van der Waals surface area (Å²) < 4.78 is 32.7. The van der Waals surface area contributed by atoms with E-state index in [0.717, 1.165) is 0 Å². The van der Waals surface area contributed by atoms with E-state index in [1.807, 2.05) is 0 Å². The fraction of sp³-hybridized carbons (Fsp3) is 0.500. The molecule has 0 unspecified atom stereocenters. The molecule has 3 N–H and O–H groups in total. The van der Waals surface area contributed by atoms with E-state index in [0.29, 0.717) is 24.3 Å². The van der Waals surface area contributed by atoms with Gasteiger partial charge in [0, 0.05) is 31.8 Å². The molecule has 158 valence electrons. The van der Waals surface area contributed by atoms with E-state index >= 15 is 0 Å². The van der Waals surface area contributed by atoms with Crippen LogP contribution in [0.5, 0.6) is 5.75 Å². The van der Waals surface area contributed by atoms with Crippen molar-refractivity contribution in [2.75, 3.05) is 24.2 Å². The molecule has 2 aliphatic rings.